The molecule has 0 radical (unpaired) electrons. The first-order valence-electron chi connectivity index (χ1n) is 14.3. The molecule has 3 aromatic carbocycles. The maximum absolute atomic E-state index is 13.6. The van der Waals surface area contributed by atoms with E-state index in [9.17, 15) is 18.8 Å². The van der Waals surface area contributed by atoms with Crippen molar-refractivity contribution in [1.29, 1.82) is 0 Å². The lowest BCUT2D eigenvalue weighted by molar-refractivity contribution is -0.129. The lowest BCUT2D eigenvalue weighted by Crippen LogP contribution is -2.49. The molecular formula is C32H31FN6O3S. The molecule has 0 saturated carbocycles. The van der Waals surface area contributed by atoms with Crippen LogP contribution in [0.3, 0.4) is 0 Å². The molecule has 1 atom stereocenters. The number of carbonyl (C=O) groups excluding carboxylic acids is 3. The molecule has 220 valence electrons. The molecule has 3 amide bonds. The Morgan fingerprint density at radius 2 is 1.65 bits per heavy atom. The number of thioether (sulfide) groups is 1. The Labute approximate surface area is 253 Å². The van der Waals surface area contributed by atoms with Crippen LogP contribution in [0, 0.1) is 5.82 Å². The smallest absolute Gasteiger partial charge is 0.259 e. The second-order valence-electron chi connectivity index (χ2n) is 10.5. The van der Waals surface area contributed by atoms with Gasteiger partial charge >= 0.3 is 0 Å². The molecule has 3 aromatic rings. The quantitative estimate of drug-likeness (QED) is 0.424. The van der Waals surface area contributed by atoms with Crippen molar-refractivity contribution in [3.63, 3.8) is 0 Å². The highest BCUT2D eigenvalue weighted by Crippen LogP contribution is 2.34. The van der Waals surface area contributed by atoms with Crippen LogP contribution in [0.1, 0.15) is 24.0 Å². The van der Waals surface area contributed by atoms with Gasteiger partial charge in [-0.25, -0.2) is 14.3 Å². The Morgan fingerprint density at radius 1 is 0.930 bits per heavy atom. The van der Waals surface area contributed by atoms with E-state index in [1.807, 2.05) is 47.4 Å². The second kappa shape index (κ2) is 12.8. The third-order valence-corrected chi connectivity index (χ3v) is 8.60. The number of fused-ring (bicyclic) bond motifs is 3. The van der Waals surface area contributed by atoms with Crippen molar-refractivity contribution in [2.45, 2.75) is 25.4 Å². The summed E-state index contributed by atoms with van der Waals surface area (Å²) in [6.07, 6.45) is 0.343. The van der Waals surface area contributed by atoms with Crippen molar-refractivity contribution in [2.24, 2.45) is 9.98 Å². The molecule has 1 fully saturated rings. The minimum absolute atomic E-state index is 0.00113. The third-order valence-electron chi connectivity index (χ3n) is 7.67. The standard InChI is InChI=1S/C32H31FN6O3S/c33-23-12-10-22(11-13-23)20-34-28(40)15-14-27-31(42)39-30(35-27)25-8-4-5-9-26(25)36-32(39)43-21-29(41)38-18-16-37(17-19-38)24-6-2-1-3-7-24/h1-13,27H,14-21H2,(H,34,40). The van der Waals surface area contributed by atoms with Gasteiger partial charge in [0.2, 0.25) is 11.8 Å². The third kappa shape index (κ3) is 6.46. The molecule has 0 aliphatic carbocycles. The van der Waals surface area contributed by atoms with E-state index in [1.54, 1.807) is 12.1 Å². The van der Waals surface area contributed by atoms with Gasteiger partial charge in [-0.1, -0.05) is 54.2 Å². The molecule has 3 aliphatic rings. The summed E-state index contributed by atoms with van der Waals surface area (Å²) in [5, 5.41) is 3.23. The topological polar surface area (TPSA) is 97.7 Å². The highest BCUT2D eigenvalue weighted by Gasteiger charge is 2.41. The summed E-state index contributed by atoms with van der Waals surface area (Å²) in [4.78, 5) is 54.3. The molecule has 3 aliphatic heterocycles. The summed E-state index contributed by atoms with van der Waals surface area (Å²) in [5.74, 6) is -0.161. The average Bonchev–Trinajstić information content (AvgIpc) is 3.39. The minimum atomic E-state index is -0.731. The van der Waals surface area contributed by atoms with Gasteiger partial charge in [0.1, 0.15) is 17.7 Å². The summed E-state index contributed by atoms with van der Waals surface area (Å²) >= 11 is 1.24. The van der Waals surface area contributed by atoms with E-state index in [2.05, 4.69) is 22.3 Å². The number of anilines is 1. The number of nitrogens with one attached hydrogen (secondary N) is 1. The number of benzene rings is 3. The summed E-state index contributed by atoms with van der Waals surface area (Å²) in [7, 11) is 0. The summed E-state index contributed by atoms with van der Waals surface area (Å²) in [6, 6.07) is 22.8. The lowest BCUT2D eigenvalue weighted by atomic mass is 10.1. The Morgan fingerprint density at radius 3 is 2.42 bits per heavy atom. The number of rotatable bonds is 8. The van der Waals surface area contributed by atoms with Gasteiger partial charge in [-0.15, -0.1) is 0 Å². The fourth-order valence-electron chi connectivity index (χ4n) is 5.32. The van der Waals surface area contributed by atoms with Gasteiger partial charge in [-0.2, -0.15) is 0 Å². The number of hydrogen-bond donors (Lipinski definition) is 1. The molecule has 0 bridgehead atoms. The number of carbonyl (C=O) groups is 3. The van der Waals surface area contributed by atoms with E-state index in [0.717, 1.165) is 29.9 Å². The first-order chi connectivity index (χ1) is 21.0. The molecule has 1 saturated heterocycles. The van der Waals surface area contributed by atoms with E-state index in [4.69, 9.17) is 9.98 Å². The number of aliphatic imine (C=N–C) groups is 2. The van der Waals surface area contributed by atoms with E-state index in [-0.39, 0.29) is 48.7 Å². The van der Waals surface area contributed by atoms with E-state index in [0.29, 0.717) is 29.8 Å². The van der Waals surface area contributed by atoms with Crippen molar-refractivity contribution < 1.29 is 18.8 Å². The van der Waals surface area contributed by atoms with Gasteiger partial charge < -0.3 is 15.1 Å². The van der Waals surface area contributed by atoms with Crippen LogP contribution in [0.5, 0.6) is 0 Å². The highest BCUT2D eigenvalue weighted by atomic mass is 32.2. The monoisotopic (exact) mass is 598 g/mol. The fourth-order valence-corrected chi connectivity index (χ4v) is 6.22. The normalized spacial score (nSPS) is 17.7. The number of para-hydroxylation sites is 2. The van der Waals surface area contributed by atoms with E-state index >= 15 is 0 Å². The van der Waals surface area contributed by atoms with Crippen LogP contribution in [0.4, 0.5) is 15.8 Å². The zero-order chi connectivity index (χ0) is 29.8. The minimum Gasteiger partial charge on any atom is -0.368 e. The van der Waals surface area contributed by atoms with Crippen LogP contribution >= 0.6 is 11.8 Å². The Hall–Kier alpha value is -4.51. The maximum Gasteiger partial charge on any atom is 0.259 e. The van der Waals surface area contributed by atoms with Gasteiger partial charge in [0.05, 0.1) is 11.4 Å². The van der Waals surface area contributed by atoms with Gasteiger partial charge in [0, 0.05) is 50.4 Å². The summed E-state index contributed by atoms with van der Waals surface area (Å²) in [6.45, 7) is 3.05. The maximum atomic E-state index is 13.6. The number of halogens is 1. The van der Waals surface area contributed by atoms with E-state index < -0.39 is 6.04 Å². The highest BCUT2D eigenvalue weighted by molar-refractivity contribution is 8.14. The van der Waals surface area contributed by atoms with Crippen molar-refractivity contribution in [3.05, 3.63) is 95.8 Å². The Balaban J connectivity index is 1.07. The Kier molecular flexibility index (Phi) is 8.50. The molecule has 6 rings (SSSR count). The van der Waals surface area contributed by atoms with Gasteiger partial charge in [-0.05, 0) is 48.4 Å². The summed E-state index contributed by atoms with van der Waals surface area (Å²) < 4.78 is 13.1. The average molecular weight is 599 g/mol. The van der Waals surface area contributed by atoms with Crippen molar-refractivity contribution in [3.8, 4) is 0 Å². The van der Waals surface area contributed by atoms with Crippen molar-refractivity contribution >= 4 is 51.9 Å². The largest absolute Gasteiger partial charge is 0.368 e. The van der Waals surface area contributed by atoms with Crippen LogP contribution in [0.2, 0.25) is 0 Å². The number of piperazine rings is 1. The van der Waals surface area contributed by atoms with Crippen LogP contribution in [0.25, 0.3) is 0 Å². The van der Waals surface area contributed by atoms with Crippen molar-refractivity contribution in [2.75, 3.05) is 36.8 Å². The molecule has 1 unspecified atom stereocenters. The molecule has 0 aromatic heterocycles. The van der Waals surface area contributed by atoms with Gasteiger partial charge in [0.25, 0.3) is 5.91 Å². The van der Waals surface area contributed by atoms with Gasteiger partial charge in [0.15, 0.2) is 5.17 Å². The molecule has 9 nitrogen and oxygen atoms in total. The number of hydrogen-bond acceptors (Lipinski definition) is 7. The lowest BCUT2D eigenvalue weighted by Gasteiger charge is -2.36. The van der Waals surface area contributed by atoms with Crippen LogP contribution in [0.15, 0.2) is 88.8 Å². The second-order valence-corrected chi connectivity index (χ2v) is 11.4. The van der Waals surface area contributed by atoms with Crippen LogP contribution in [-0.4, -0.2) is 76.5 Å². The number of amides is 3. The molecule has 0 spiro atoms. The van der Waals surface area contributed by atoms with E-state index in [1.165, 1.54) is 28.8 Å². The number of amidine groups is 2. The molecule has 43 heavy (non-hydrogen) atoms. The molecule has 1 N–H and O–H groups in total. The summed E-state index contributed by atoms with van der Waals surface area (Å²) in [5.41, 5.74) is 3.37. The fraction of sp³-hybridized carbons (Fsp3) is 0.281. The van der Waals surface area contributed by atoms with Crippen LogP contribution < -0.4 is 10.2 Å². The molecule has 11 heteroatoms. The first-order valence-corrected chi connectivity index (χ1v) is 15.3. The predicted octanol–water partition coefficient (Wildman–Crippen LogP) is 3.96. The SMILES string of the molecule is O=C(CCC1N=C2c3ccccc3N=C(SCC(=O)N3CCN(c4ccccc4)CC3)N2C1=O)NCc1ccc(F)cc1. The van der Waals surface area contributed by atoms with Crippen molar-refractivity contribution in [1.82, 2.24) is 15.1 Å². The number of nitrogens with zero attached hydrogens (tertiary/aromatic N) is 5. The van der Waals surface area contributed by atoms with Gasteiger partial charge in [-0.3, -0.25) is 19.4 Å². The predicted molar refractivity (Wildman–Crippen MR) is 166 cm³/mol. The Bertz CT molecular complexity index is 1570. The molecule has 3 heterocycles. The molecular weight excluding hydrogens is 567 g/mol. The first kappa shape index (κ1) is 28.6. The zero-order valence-electron chi connectivity index (χ0n) is 23.5. The zero-order valence-corrected chi connectivity index (χ0v) is 24.3. The van der Waals surface area contributed by atoms with Crippen LogP contribution in [-0.2, 0) is 20.9 Å².